The molecule has 39 heavy (non-hydrogen) atoms. The summed E-state index contributed by atoms with van der Waals surface area (Å²) in [4.78, 5) is 34.1. The number of carbonyl (C=O) groups is 2. The Morgan fingerprint density at radius 1 is 0.923 bits per heavy atom. The van der Waals surface area contributed by atoms with Crippen molar-refractivity contribution >= 4 is 17.5 Å². The third kappa shape index (κ3) is 6.08. The first-order chi connectivity index (χ1) is 18.9. The number of amides is 2. The van der Waals surface area contributed by atoms with E-state index >= 15 is 0 Å². The van der Waals surface area contributed by atoms with E-state index in [-0.39, 0.29) is 12.5 Å². The highest BCUT2D eigenvalue weighted by Gasteiger charge is 2.33. The summed E-state index contributed by atoms with van der Waals surface area (Å²) >= 11 is 0. The predicted molar refractivity (Wildman–Crippen MR) is 152 cm³/mol. The average Bonchev–Trinajstić information content (AvgIpc) is 3.36. The predicted octanol–water partition coefficient (Wildman–Crippen LogP) is 4.24. The Morgan fingerprint density at radius 2 is 1.56 bits per heavy atom. The van der Waals surface area contributed by atoms with E-state index in [2.05, 4.69) is 5.32 Å². The number of carbonyl (C=O) groups excluding carboxylic acids is 2. The summed E-state index contributed by atoms with van der Waals surface area (Å²) in [6.07, 6.45) is 0. The summed E-state index contributed by atoms with van der Waals surface area (Å²) < 4.78 is 6.28. The molecule has 1 saturated heterocycles. The van der Waals surface area contributed by atoms with Crippen molar-refractivity contribution in [2.75, 3.05) is 31.5 Å². The third-order valence-corrected chi connectivity index (χ3v) is 7.11. The monoisotopic (exact) mass is 523 g/mol. The lowest BCUT2D eigenvalue weighted by molar-refractivity contribution is -0.128. The van der Waals surface area contributed by atoms with Crippen molar-refractivity contribution in [1.29, 1.82) is 0 Å². The van der Waals surface area contributed by atoms with Crippen molar-refractivity contribution < 1.29 is 14.0 Å². The zero-order valence-electron chi connectivity index (χ0n) is 22.3. The van der Waals surface area contributed by atoms with Crippen molar-refractivity contribution in [2.45, 2.75) is 26.4 Å². The number of para-hydroxylation sites is 1. The fourth-order valence-electron chi connectivity index (χ4n) is 5.06. The molecule has 200 valence electrons. The zero-order chi connectivity index (χ0) is 27.4. The molecule has 1 aliphatic heterocycles. The molecular weight excluding hydrogens is 490 g/mol. The van der Waals surface area contributed by atoms with Gasteiger partial charge in [0.1, 0.15) is 11.7 Å². The van der Waals surface area contributed by atoms with Crippen LogP contribution in [0.1, 0.15) is 17.0 Å². The van der Waals surface area contributed by atoms with Crippen LogP contribution in [0.4, 0.5) is 5.69 Å². The van der Waals surface area contributed by atoms with Crippen molar-refractivity contribution in [3.8, 4) is 22.6 Å². The fraction of sp³-hybridized carbons (Fsp3) is 0.258. The van der Waals surface area contributed by atoms with Crippen LogP contribution in [0.25, 0.3) is 22.6 Å². The van der Waals surface area contributed by atoms with Gasteiger partial charge in [0.2, 0.25) is 17.7 Å². The second kappa shape index (κ2) is 11.6. The minimum absolute atomic E-state index is 0.114. The van der Waals surface area contributed by atoms with E-state index in [0.29, 0.717) is 37.8 Å². The zero-order valence-corrected chi connectivity index (χ0v) is 22.3. The van der Waals surface area contributed by atoms with Gasteiger partial charge in [0.05, 0.1) is 13.1 Å². The average molecular weight is 524 g/mol. The minimum Gasteiger partial charge on any atom is -0.439 e. The van der Waals surface area contributed by atoms with Crippen molar-refractivity contribution in [2.24, 2.45) is 5.73 Å². The van der Waals surface area contributed by atoms with Gasteiger partial charge in [0, 0.05) is 36.4 Å². The lowest BCUT2D eigenvalue weighted by atomic mass is 10.1. The Labute approximate surface area is 228 Å². The van der Waals surface area contributed by atoms with Gasteiger partial charge in [0.25, 0.3) is 0 Å². The molecule has 1 fully saturated rings. The molecule has 1 unspecified atom stereocenters. The number of benzene rings is 3. The molecule has 2 heterocycles. The molecule has 0 aliphatic carbocycles. The Morgan fingerprint density at radius 3 is 2.21 bits per heavy atom. The van der Waals surface area contributed by atoms with E-state index < -0.39 is 11.9 Å². The van der Waals surface area contributed by atoms with E-state index in [0.717, 1.165) is 33.6 Å². The second-order valence-corrected chi connectivity index (χ2v) is 9.96. The van der Waals surface area contributed by atoms with Gasteiger partial charge in [-0.05, 0) is 25.0 Å². The molecule has 3 aromatic carbocycles. The summed E-state index contributed by atoms with van der Waals surface area (Å²) in [5.74, 6) is 0.652. The summed E-state index contributed by atoms with van der Waals surface area (Å²) in [6, 6.07) is 25.1. The summed E-state index contributed by atoms with van der Waals surface area (Å²) in [5.41, 5.74) is 11.3. The Kier molecular flexibility index (Phi) is 7.86. The van der Waals surface area contributed by atoms with Gasteiger partial charge in [-0.25, -0.2) is 4.98 Å². The maximum atomic E-state index is 12.8. The van der Waals surface area contributed by atoms with Crippen LogP contribution in [-0.2, 0) is 16.1 Å². The second-order valence-electron chi connectivity index (χ2n) is 9.96. The molecule has 2 amide bonds. The van der Waals surface area contributed by atoms with Crippen LogP contribution in [0.2, 0.25) is 0 Å². The molecule has 0 saturated carbocycles. The van der Waals surface area contributed by atoms with Crippen molar-refractivity contribution in [3.05, 3.63) is 95.9 Å². The Bertz CT molecular complexity index is 1370. The van der Waals surface area contributed by atoms with Crippen LogP contribution < -0.4 is 11.1 Å². The first-order valence-corrected chi connectivity index (χ1v) is 13.1. The lowest BCUT2D eigenvalue weighted by Gasteiger charge is -2.38. The van der Waals surface area contributed by atoms with Gasteiger partial charge >= 0.3 is 0 Å². The van der Waals surface area contributed by atoms with E-state index in [9.17, 15) is 9.59 Å². The molecule has 1 aromatic heterocycles. The molecule has 0 radical (unpaired) electrons. The number of oxazole rings is 1. The standard InChI is InChI=1S/C31H33N5O3/c1-21-10-9-11-22(2)28(21)33-26(37)19-35-16-17-36(25(18-35)31(32)38)20-27-34-29(23-12-5-3-6-13-23)30(39-27)24-14-7-4-8-15-24/h3-15,25H,16-20H2,1-2H3,(H2,32,38)(H,33,37). The van der Waals surface area contributed by atoms with Gasteiger partial charge in [-0.1, -0.05) is 78.9 Å². The van der Waals surface area contributed by atoms with E-state index in [1.54, 1.807) is 0 Å². The van der Waals surface area contributed by atoms with Gasteiger partial charge in [-0.3, -0.25) is 19.4 Å². The maximum absolute atomic E-state index is 12.8. The highest BCUT2D eigenvalue weighted by molar-refractivity contribution is 5.93. The van der Waals surface area contributed by atoms with Crippen LogP contribution in [0, 0.1) is 13.8 Å². The van der Waals surface area contributed by atoms with E-state index in [1.807, 2.05) is 103 Å². The van der Waals surface area contributed by atoms with Crippen LogP contribution in [0.15, 0.2) is 83.3 Å². The van der Waals surface area contributed by atoms with Gasteiger partial charge in [-0.15, -0.1) is 0 Å². The summed E-state index contributed by atoms with van der Waals surface area (Å²) in [7, 11) is 0. The van der Waals surface area contributed by atoms with E-state index in [4.69, 9.17) is 15.1 Å². The summed E-state index contributed by atoms with van der Waals surface area (Å²) in [6.45, 7) is 5.98. The molecule has 8 heteroatoms. The molecule has 0 bridgehead atoms. The number of piperazine rings is 1. The minimum atomic E-state index is -0.570. The first-order valence-electron chi connectivity index (χ1n) is 13.1. The maximum Gasteiger partial charge on any atom is 0.238 e. The molecule has 3 N–H and O–H groups in total. The quantitative estimate of drug-likeness (QED) is 0.358. The highest BCUT2D eigenvalue weighted by atomic mass is 16.4. The normalized spacial score (nSPS) is 16.2. The van der Waals surface area contributed by atoms with Crippen LogP contribution >= 0.6 is 0 Å². The number of aryl methyl sites for hydroxylation is 2. The van der Waals surface area contributed by atoms with Crippen LogP contribution in [-0.4, -0.2) is 58.8 Å². The molecule has 4 aromatic rings. The lowest BCUT2D eigenvalue weighted by Crippen LogP contribution is -2.58. The van der Waals surface area contributed by atoms with Gasteiger partial charge < -0.3 is 15.5 Å². The third-order valence-electron chi connectivity index (χ3n) is 7.11. The smallest absolute Gasteiger partial charge is 0.238 e. The van der Waals surface area contributed by atoms with E-state index in [1.165, 1.54) is 0 Å². The number of aromatic nitrogens is 1. The molecule has 1 aliphatic rings. The van der Waals surface area contributed by atoms with Crippen LogP contribution in [0.3, 0.4) is 0 Å². The van der Waals surface area contributed by atoms with Gasteiger partial charge in [0.15, 0.2) is 5.76 Å². The Balaban J connectivity index is 1.30. The number of hydrogen-bond acceptors (Lipinski definition) is 6. The van der Waals surface area contributed by atoms with Crippen LogP contribution in [0.5, 0.6) is 0 Å². The molecule has 0 spiro atoms. The SMILES string of the molecule is Cc1cccc(C)c1NC(=O)CN1CCN(Cc2nc(-c3ccccc3)c(-c3ccccc3)o2)C(C(N)=O)C1. The molecule has 1 atom stereocenters. The fourth-order valence-corrected chi connectivity index (χ4v) is 5.06. The highest BCUT2D eigenvalue weighted by Crippen LogP contribution is 2.33. The van der Waals surface area contributed by atoms with Gasteiger partial charge in [-0.2, -0.15) is 0 Å². The number of nitrogens with two attached hydrogens (primary N) is 1. The number of anilines is 1. The molecule has 5 rings (SSSR count). The number of hydrogen-bond donors (Lipinski definition) is 2. The first kappa shape index (κ1) is 26.3. The number of primary amides is 1. The number of rotatable bonds is 8. The Hall–Kier alpha value is -4.27. The molecular formula is C31H33N5O3. The number of nitrogens with one attached hydrogen (secondary N) is 1. The summed E-state index contributed by atoms with van der Waals surface area (Å²) in [5, 5.41) is 3.03. The topological polar surface area (TPSA) is 105 Å². The largest absolute Gasteiger partial charge is 0.439 e. The number of nitrogens with zero attached hydrogens (tertiary/aromatic N) is 3. The van der Waals surface area contributed by atoms with Crippen molar-refractivity contribution in [1.82, 2.24) is 14.8 Å². The van der Waals surface area contributed by atoms with Crippen molar-refractivity contribution in [3.63, 3.8) is 0 Å². The molecule has 8 nitrogen and oxygen atoms in total.